The Morgan fingerprint density at radius 3 is 2.79 bits per heavy atom. The molecule has 1 aromatic heterocycles. The summed E-state index contributed by atoms with van der Waals surface area (Å²) in [5.41, 5.74) is 0.0912. The van der Waals surface area contributed by atoms with Gasteiger partial charge in [0.05, 0.1) is 23.7 Å². The maximum Gasteiger partial charge on any atom is 0.410 e. The van der Waals surface area contributed by atoms with E-state index in [1.54, 1.807) is 48.7 Å². The molecule has 0 spiro atoms. The number of anilines is 1. The number of rotatable bonds is 4. The van der Waals surface area contributed by atoms with Crippen molar-refractivity contribution in [3.63, 3.8) is 0 Å². The molecule has 7 nitrogen and oxygen atoms in total. The zero-order valence-electron chi connectivity index (χ0n) is 16.6. The molecule has 29 heavy (non-hydrogen) atoms. The Kier molecular flexibility index (Phi) is 6.12. The number of aromatic nitrogens is 2. The summed E-state index contributed by atoms with van der Waals surface area (Å²) in [6.45, 7) is 6.47. The average Bonchev–Trinajstić information content (AvgIpc) is 3.27. The molecule has 2 heterocycles. The van der Waals surface area contributed by atoms with Gasteiger partial charge in [0.25, 0.3) is 0 Å². The third-order valence-electron chi connectivity index (χ3n) is 4.49. The fourth-order valence-electron chi connectivity index (χ4n) is 3.07. The number of hydrogen-bond acceptors (Lipinski definition) is 4. The van der Waals surface area contributed by atoms with Crippen LogP contribution in [0.25, 0.3) is 0 Å². The van der Waals surface area contributed by atoms with Crippen molar-refractivity contribution in [3.8, 4) is 0 Å². The highest BCUT2D eigenvalue weighted by Crippen LogP contribution is 2.22. The molecular weight excluding hydrogens is 399 g/mol. The molecule has 2 amide bonds. The molecule has 0 radical (unpaired) electrons. The van der Waals surface area contributed by atoms with Gasteiger partial charge in [-0.3, -0.25) is 4.79 Å². The van der Waals surface area contributed by atoms with Gasteiger partial charge in [-0.15, -0.1) is 0 Å². The first-order valence-corrected chi connectivity index (χ1v) is 9.75. The number of nitrogens with one attached hydrogen (secondary N) is 1. The van der Waals surface area contributed by atoms with Crippen LogP contribution in [0.1, 0.15) is 32.8 Å². The molecule has 1 N–H and O–H groups in total. The van der Waals surface area contributed by atoms with Crippen molar-refractivity contribution in [1.29, 1.82) is 0 Å². The summed E-state index contributed by atoms with van der Waals surface area (Å²) in [6.07, 6.45) is 1.70. The van der Waals surface area contributed by atoms with Gasteiger partial charge in [0, 0.05) is 19.2 Å². The zero-order valence-corrected chi connectivity index (χ0v) is 17.4. The molecule has 9 heteroatoms. The zero-order chi connectivity index (χ0) is 21.2. The number of halogens is 2. The normalized spacial score (nSPS) is 16.7. The van der Waals surface area contributed by atoms with Crippen LogP contribution in [0.15, 0.2) is 30.5 Å². The van der Waals surface area contributed by atoms with Crippen LogP contribution in [0.4, 0.5) is 15.0 Å². The quantitative estimate of drug-likeness (QED) is 0.810. The van der Waals surface area contributed by atoms with Crippen molar-refractivity contribution >= 4 is 29.4 Å². The Bertz CT molecular complexity index is 909. The lowest BCUT2D eigenvalue weighted by Gasteiger charge is -2.24. The minimum atomic E-state index is -0.578. The monoisotopic (exact) mass is 422 g/mol. The molecule has 0 aliphatic carbocycles. The third-order valence-corrected chi connectivity index (χ3v) is 4.80. The average molecular weight is 423 g/mol. The maximum absolute atomic E-state index is 13.7. The number of benzene rings is 1. The van der Waals surface area contributed by atoms with Crippen LogP contribution >= 0.6 is 11.6 Å². The van der Waals surface area contributed by atoms with E-state index < -0.39 is 17.5 Å². The van der Waals surface area contributed by atoms with Gasteiger partial charge < -0.3 is 15.0 Å². The highest BCUT2D eigenvalue weighted by atomic mass is 35.5. The number of amides is 2. The largest absolute Gasteiger partial charge is 0.444 e. The molecule has 0 bridgehead atoms. The molecule has 1 unspecified atom stereocenters. The summed E-state index contributed by atoms with van der Waals surface area (Å²) >= 11 is 5.71. The summed E-state index contributed by atoms with van der Waals surface area (Å²) < 4.78 is 20.6. The Morgan fingerprint density at radius 1 is 1.34 bits per heavy atom. The minimum Gasteiger partial charge on any atom is -0.444 e. The van der Waals surface area contributed by atoms with Gasteiger partial charge in [-0.05, 0) is 44.9 Å². The Hall–Kier alpha value is -2.61. The van der Waals surface area contributed by atoms with Gasteiger partial charge in [-0.25, -0.2) is 13.9 Å². The molecule has 1 aliphatic heterocycles. The van der Waals surface area contributed by atoms with Gasteiger partial charge in [-0.2, -0.15) is 5.10 Å². The molecule has 0 saturated carbocycles. The van der Waals surface area contributed by atoms with Gasteiger partial charge in [0.2, 0.25) is 5.91 Å². The molecule has 2 aromatic rings. The van der Waals surface area contributed by atoms with Crippen LogP contribution in [0, 0.1) is 11.7 Å². The number of nitrogens with zero attached hydrogens (tertiary/aromatic N) is 3. The lowest BCUT2D eigenvalue weighted by atomic mass is 10.1. The summed E-state index contributed by atoms with van der Waals surface area (Å²) in [4.78, 5) is 26.4. The maximum atomic E-state index is 13.7. The predicted octanol–water partition coefficient (Wildman–Crippen LogP) is 3.92. The number of carbonyl (C=O) groups is 2. The highest BCUT2D eigenvalue weighted by molar-refractivity contribution is 6.30. The lowest BCUT2D eigenvalue weighted by molar-refractivity contribution is -0.119. The molecule has 1 aromatic carbocycles. The van der Waals surface area contributed by atoms with Gasteiger partial charge in [-0.1, -0.05) is 17.7 Å². The molecule has 1 saturated heterocycles. The van der Waals surface area contributed by atoms with Crippen LogP contribution < -0.4 is 5.32 Å². The smallest absolute Gasteiger partial charge is 0.410 e. The summed E-state index contributed by atoms with van der Waals surface area (Å²) in [7, 11) is 0. The number of hydrogen-bond donors (Lipinski definition) is 1. The lowest BCUT2D eigenvalue weighted by Crippen LogP contribution is -2.36. The van der Waals surface area contributed by atoms with E-state index in [1.807, 2.05) is 0 Å². The molecule has 1 atom stereocenters. The van der Waals surface area contributed by atoms with Crippen LogP contribution in [0.2, 0.25) is 5.02 Å². The van der Waals surface area contributed by atoms with Crippen molar-refractivity contribution < 1.29 is 18.7 Å². The second-order valence-electron chi connectivity index (χ2n) is 8.02. The topological polar surface area (TPSA) is 76.5 Å². The number of carbonyl (C=O) groups excluding carboxylic acids is 2. The summed E-state index contributed by atoms with van der Waals surface area (Å²) in [5, 5.41) is 7.09. The van der Waals surface area contributed by atoms with Crippen molar-refractivity contribution in [1.82, 2.24) is 14.7 Å². The highest BCUT2D eigenvalue weighted by Gasteiger charge is 2.33. The van der Waals surface area contributed by atoms with E-state index in [4.69, 9.17) is 16.3 Å². The van der Waals surface area contributed by atoms with Crippen molar-refractivity contribution in [2.24, 2.45) is 5.92 Å². The van der Waals surface area contributed by atoms with E-state index in [2.05, 4.69) is 10.4 Å². The van der Waals surface area contributed by atoms with E-state index >= 15 is 0 Å². The Balaban J connectivity index is 1.60. The standard InChI is InChI=1S/C20H24ClFN4O3/c1-20(2,3)29-19(28)25-9-7-14(12-25)18(27)24-17-6-8-23-26(17)11-13-4-5-15(21)16(22)10-13/h4-6,8,10,14H,7,9,11-12H2,1-3H3,(H,24,27). The van der Waals surface area contributed by atoms with E-state index in [9.17, 15) is 14.0 Å². The number of likely N-dealkylation sites (tertiary alicyclic amines) is 1. The van der Waals surface area contributed by atoms with Crippen LogP contribution in [0.3, 0.4) is 0 Å². The molecular formula is C20H24ClFN4O3. The molecule has 1 aliphatic rings. The van der Waals surface area contributed by atoms with E-state index in [-0.39, 0.29) is 23.4 Å². The van der Waals surface area contributed by atoms with Crippen LogP contribution in [-0.4, -0.2) is 45.4 Å². The van der Waals surface area contributed by atoms with Crippen molar-refractivity contribution in [2.45, 2.75) is 39.3 Å². The van der Waals surface area contributed by atoms with E-state index in [1.165, 1.54) is 12.1 Å². The second-order valence-corrected chi connectivity index (χ2v) is 8.43. The molecule has 3 rings (SSSR count). The second kappa shape index (κ2) is 8.41. The van der Waals surface area contributed by atoms with Crippen LogP contribution in [0.5, 0.6) is 0 Å². The first kappa shape index (κ1) is 21.1. The van der Waals surface area contributed by atoms with Crippen LogP contribution in [-0.2, 0) is 16.1 Å². The predicted molar refractivity (Wildman–Crippen MR) is 107 cm³/mol. The van der Waals surface area contributed by atoms with Crippen molar-refractivity contribution in [3.05, 3.63) is 46.9 Å². The van der Waals surface area contributed by atoms with Crippen molar-refractivity contribution in [2.75, 3.05) is 18.4 Å². The van der Waals surface area contributed by atoms with Gasteiger partial charge in [0.1, 0.15) is 17.2 Å². The molecule has 1 fully saturated rings. The number of ether oxygens (including phenoxy) is 1. The summed E-state index contributed by atoms with van der Waals surface area (Å²) in [5.74, 6) is -0.532. The Labute approximate surface area is 173 Å². The van der Waals surface area contributed by atoms with E-state index in [0.29, 0.717) is 30.9 Å². The first-order chi connectivity index (χ1) is 13.6. The fourth-order valence-corrected chi connectivity index (χ4v) is 3.19. The first-order valence-electron chi connectivity index (χ1n) is 9.37. The minimum absolute atomic E-state index is 0.0542. The van der Waals surface area contributed by atoms with Gasteiger partial charge in [0.15, 0.2) is 0 Å². The molecule has 156 valence electrons. The summed E-state index contributed by atoms with van der Waals surface area (Å²) in [6, 6.07) is 6.20. The third kappa shape index (κ3) is 5.47. The van der Waals surface area contributed by atoms with Gasteiger partial charge >= 0.3 is 6.09 Å². The Morgan fingerprint density at radius 2 is 2.10 bits per heavy atom. The van der Waals surface area contributed by atoms with E-state index in [0.717, 1.165) is 0 Å². The fraction of sp³-hybridized carbons (Fsp3) is 0.450. The SMILES string of the molecule is CC(C)(C)OC(=O)N1CCC(C(=O)Nc2ccnn2Cc2ccc(Cl)c(F)c2)C1.